The van der Waals surface area contributed by atoms with E-state index in [9.17, 15) is 18.0 Å². The molecule has 7 rings (SSSR count). The number of aromatic nitrogens is 5. The molecule has 4 N–H and O–H groups in total. The maximum Gasteiger partial charge on any atom is 0.400 e. The van der Waals surface area contributed by atoms with Crippen LogP contribution in [-0.2, 0) is 5.41 Å². The summed E-state index contributed by atoms with van der Waals surface area (Å²) in [5.74, 6) is 0.691. The fourth-order valence-corrected chi connectivity index (χ4v) is 5.23. The Bertz CT molecular complexity index is 1840. The van der Waals surface area contributed by atoms with E-state index in [-0.39, 0.29) is 35.9 Å². The van der Waals surface area contributed by atoms with Gasteiger partial charge in [-0.15, -0.1) is 0 Å². The van der Waals surface area contributed by atoms with E-state index in [0.717, 1.165) is 18.7 Å². The zero-order valence-corrected chi connectivity index (χ0v) is 22.0. The first-order chi connectivity index (χ1) is 20.1. The van der Waals surface area contributed by atoms with Gasteiger partial charge in [0.25, 0.3) is 0 Å². The van der Waals surface area contributed by atoms with Crippen LogP contribution in [0.1, 0.15) is 43.1 Å². The van der Waals surface area contributed by atoms with Crippen LogP contribution in [0.2, 0.25) is 0 Å². The Morgan fingerprint density at radius 1 is 1.05 bits per heavy atom. The normalized spacial score (nSPS) is 16.0. The molecule has 42 heavy (non-hydrogen) atoms. The smallest absolute Gasteiger partial charge is 0.382 e. The number of nitrogens with one attached hydrogen (secondary N) is 2. The number of benzene rings is 2. The molecule has 2 saturated carbocycles. The third-order valence-electron chi connectivity index (χ3n) is 7.78. The fraction of sp³-hybridized carbons (Fsp3) is 0.241. The van der Waals surface area contributed by atoms with Crippen LogP contribution in [0.4, 0.5) is 39.7 Å². The molecule has 0 aliphatic heterocycles. The molecule has 0 bridgehead atoms. The molecule has 2 fully saturated rings. The minimum Gasteiger partial charge on any atom is -0.382 e. The number of urea groups is 1. The number of carbonyl (C=O) groups is 1. The summed E-state index contributed by atoms with van der Waals surface area (Å²) in [6.45, 7) is 0. The summed E-state index contributed by atoms with van der Waals surface area (Å²) in [6, 6.07) is 13.1. The molecule has 214 valence electrons. The monoisotopic (exact) mass is 576 g/mol. The molecule has 13 heteroatoms. The van der Waals surface area contributed by atoms with E-state index in [1.165, 1.54) is 22.9 Å². The second kappa shape index (κ2) is 9.29. The Labute approximate surface area is 236 Å². The zero-order valence-electron chi connectivity index (χ0n) is 22.0. The second-order valence-electron chi connectivity index (χ2n) is 10.6. The van der Waals surface area contributed by atoms with Crippen LogP contribution in [0.5, 0.6) is 0 Å². The fourth-order valence-electron chi connectivity index (χ4n) is 5.23. The highest BCUT2D eigenvalue weighted by atomic mass is 19.4. The van der Waals surface area contributed by atoms with Gasteiger partial charge in [-0.25, -0.2) is 23.8 Å². The van der Waals surface area contributed by atoms with Crippen molar-refractivity contribution in [2.24, 2.45) is 0 Å². The molecule has 2 aliphatic carbocycles. The van der Waals surface area contributed by atoms with Crippen LogP contribution in [0.25, 0.3) is 22.5 Å². The molecule has 2 aliphatic rings. The van der Waals surface area contributed by atoms with Crippen LogP contribution in [0.3, 0.4) is 0 Å². The first-order valence-electron chi connectivity index (χ1n) is 13.4. The van der Waals surface area contributed by atoms with Crippen molar-refractivity contribution in [2.75, 3.05) is 16.4 Å². The summed E-state index contributed by atoms with van der Waals surface area (Å²) in [4.78, 5) is 21.9. The van der Waals surface area contributed by atoms with Crippen LogP contribution in [0, 0.1) is 5.82 Å². The number of halogens is 4. The Morgan fingerprint density at radius 2 is 1.81 bits per heavy atom. The molecular weight excluding hydrogens is 552 g/mol. The summed E-state index contributed by atoms with van der Waals surface area (Å²) in [7, 11) is 0. The number of hydrogen-bond acceptors (Lipinski definition) is 5. The number of fused-ring (bicyclic) bond motifs is 1. The number of anilines is 3. The molecular formula is C29H24F4N8O. The van der Waals surface area contributed by atoms with Crippen molar-refractivity contribution in [2.45, 2.75) is 43.2 Å². The van der Waals surface area contributed by atoms with Crippen molar-refractivity contribution in [3.63, 3.8) is 0 Å². The Kier molecular flexibility index (Phi) is 5.75. The number of hydrogen-bond donors (Lipinski definition) is 3. The van der Waals surface area contributed by atoms with Crippen molar-refractivity contribution in [3.8, 4) is 16.9 Å². The van der Waals surface area contributed by atoms with E-state index in [1.54, 1.807) is 48.8 Å². The van der Waals surface area contributed by atoms with E-state index >= 15 is 4.39 Å². The van der Waals surface area contributed by atoms with Gasteiger partial charge in [0.1, 0.15) is 39.9 Å². The number of alkyl halides is 3. The Hall–Kier alpha value is -4.94. The molecule has 0 spiro atoms. The van der Waals surface area contributed by atoms with E-state index in [0.29, 0.717) is 28.4 Å². The van der Waals surface area contributed by atoms with E-state index in [2.05, 4.69) is 20.7 Å². The third kappa shape index (κ3) is 4.32. The van der Waals surface area contributed by atoms with Crippen LogP contribution in [-0.4, -0.2) is 36.4 Å². The molecule has 2 aromatic carbocycles. The van der Waals surface area contributed by atoms with Crippen LogP contribution < -0.4 is 16.4 Å². The summed E-state index contributed by atoms with van der Waals surface area (Å²) < 4.78 is 59.9. The number of imidazole rings is 1. The lowest BCUT2D eigenvalue weighted by molar-refractivity contribution is -0.161. The van der Waals surface area contributed by atoms with Gasteiger partial charge in [0.2, 0.25) is 0 Å². The molecule has 0 unspecified atom stereocenters. The lowest BCUT2D eigenvalue weighted by Gasteiger charge is -2.16. The molecule has 9 nitrogen and oxygen atoms in total. The predicted octanol–water partition coefficient (Wildman–Crippen LogP) is 6.42. The molecule has 3 heterocycles. The maximum absolute atomic E-state index is 15.3. The number of rotatable bonds is 6. The number of para-hydroxylation sites is 1. The van der Waals surface area contributed by atoms with Crippen molar-refractivity contribution < 1.29 is 22.4 Å². The van der Waals surface area contributed by atoms with E-state index in [4.69, 9.17) is 10.7 Å². The zero-order chi connectivity index (χ0) is 29.2. The molecule has 0 radical (unpaired) electrons. The van der Waals surface area contributed by atoms with Gasteiger partial charge >= 0.3 is 12.2 Å². The largest absolute Gasteiger partial charge is 0.400 e. The summed E-state index contributed by atoms with van der Waals surface area (Å²) in [5.41, 5.74) is 5.76. The van der Waals surface area contributed by atoms with Crippen molar-refractivity contribution in [3.05, 3.63) is 84.3 Å². The highest BCUT2D eigenvalue weighted by Crippen LogP contribution is 2.58. The van der Waals surface area contributed by atoms with Gasteiger partial charge in [0.05, 0.1) is 17.1 Å². The predicted molar refractivity (Wildman–Crippen MR) is 148 cm³/mol. The molecule has 0 atom stereocenters. The molecule has 2 amide bonds. The minimum atomic E-state index is -4.48. The van der Waals surface area contributed by atoms with E-state index in [1.807, 2.05) is 4.40 Å². The van der Waals surface area contributed by atoms with Gasteiger partial charge in [-0.3, -0.25) is 9.72 Å². The Balaban J connectivity index is 1.16. The molecule has 3 aromatic heterocycles. The molecule has 5 aromatic rings. The topological polar surface area (TPSA) is 115 Å². The first-order valence-corrected chi connectivity index (χ1v) is 13.4. The highest BCUT2D eigenvalue weighted by Gasteiger charge is 2.66. The highest BCUT2D eigenvalue weighted by molar-refractivity contribution is 6.00. The van der Waals surface area contributed by atoms with Gasteiger partial charge in [0, 0.05) is 29.9 Å². The van der Waals surface area contributed by atoms with Crippen molar-refractivity contribution >= 4 is 28.9 Å². The number of nitrogen functional groups attached to an aromatic ring is 1. The maximum atomic E-state index is 15.3. The lowest BCUT2D eigenvalue weighted by atomic mass is 10.0. The van der Waals surface area contributed by atoms with Gasteiger partial charge in [0.15, 0.2) is 0 Å². The Morgan fingerprint density at radius 3 is 2.48 bits per heavy atom. The van der Waals surface area contributed by atoms with Gasteiger partial charge in [-0.2, -0.15) is 18.3 Å². The number of nitrogens with zero attached hydrogens (tertiary/aromatic N) is 5. The average Bonchev–Trinajstić information content (AvgIpc) is 3.89. The van der Waals surface area contributed by atoms with Crippen molar-refractivity contribution in [1.29, 1.82) is 0 Å². The van der Waals surface area contributed by atoms with Crippen molar-refractivity contribution in [1.82, 2.24) is 24.1 Å². The number of nitrogens with two attached hydrogens (primary N) is 1. The lowest BCUT2D eigenvalue weighted by Crippen LogP contribution is -2.29. The van der Waals surface area contributed by atoms with Gasteiger partial charge in [-0.05, 0) is 49.9 Å². The summed E-state index contributed by atoms with van der Waals surface area (Å²) in [6.07, 6.45) is 0.741. The quantitative estimate of drug-likeness (QED) is 0.202. The average molecular weight is 577 g/mol. The number of amides is 2. The van der Waals surface area contributed by atoms with Crippen LogP contribution >= 0.6 is 0 Å². The summed E-state index contributed by atoms with van der Waals surface area (Å²) >= 11 is 0. The molecule has 0 saturated heterocycles. The minimum absolute atomic E-state index is 0.0151. The van der Waals surface area contributed by atoms with Crippen LogP contribution in [0.15, 0.2) is 67.0 Å². The van der Waals surface area contributed by atoms with Gasteiger partial charge < -0.3 is 11.1 Å². The second-order valence-corrected chi connectivity index (χ2v) is 10.6. The van der Waals surface area contributed by atoms with E-state index < -0.39 is 23.4 Å². The SMILES string of the molecule is Nc1nccn2c(C3CC3)nc(-c3ccc(NC(=O)Nc4cc(C5(C(F)(F)F)CC5)nn4-c4ccccc4)c(F)c3)c12. The number of carbonyl (C=O) groups excluding carboxylic acids is 1. The third-order valence-corrected chi connectivity index (χ3v) is 7.78. The summed E-state index contributed by atoms with van der Waals surface area (Å²) in [5, 5.41) is 9.18. The first kappa shape index (κ1) is 26.0. The standard InChI is InChI=1S/C29H24F4N8O/c30-19-14-17(23-24-25(34)35-12-13-40(24)26(38-23)16-6-7-16)8-9-20(19)36-27(42)37-22-15-21(28(10-11-28)29(31,32)33)39-41(22)18-4-2-1-3-5-18/h1-5,8-9,12-16H,6-7,10-11H2,(H2,34,35)(H2,36,37,42). The van der Waals surface area contributed by atoms with Gasteiger partial charge in [-0.1, -0.05) is 24.3 Å².